The molecule has 0 bridgehead atoms. The van der Waals surface area contributed by atoms with Crippen molar-refractivity contribution in [3.05, 3.63) is 59.7 Å². The standard InChI is InChI=1S/C17H18N2O3/c1-12-4-3-5-16(10-12)22-13(2)17(21)19-18-11-14-6-8-15(20)9-7-14/h3-11,13,20H,1-2H3,(H,19,21)/b18-11-/t13-/m1/s1. The second-order valence-corrected chi connectivity index (χ2v) is 4.90. The SMILES string of the molecule is Cc1cccc(O[C@H](C)C(=O)N/N=C\c2ccc(O)cc2)c1. The smallest absolute Gasteiger partial charge is 0.280 e. The minimum atomic E-state index is -0.654. The second kappa shape index (κ2) is 7.26. The van der Waals surface area contributed by atoms with E-state index in [4.69, 9.17) is 4.74 Å². The van der Waals surface area contributed by atoms with Gasteiger partial charge in [-0.2, -0.15) is 5.10 Å². The van der Waals surface area contributed by atoms with E-state index in [0.29, 0.717) is 5.75 Å². The molecule has 2 aromatic carbocycles. The van der Waals surface area contributed by atoms with Crippen LogP contribution in [0.5, 0.6) is 11.5 Å². The first-order valence-electron chi connectivity index (χ1n) is 6.90. The van der Waals surface area contributed by atoms with Crippen molar-refractivity contribution in [2.24, 2.45) is 5.10 Å². The van der Waals surface area contributed by atoms with Gasteiger partial charge in [0.15, 0.2) is 6.10 Å². The molecule has 114 valence electrons. The van der Waals surface area contributed by atoms with Gasteiger partial charge in [-0.15, -0.1) is 0 Å². The minimum Gasteiger partial charge on any atom is -0.508 e. The Hall–Kier alpha value is -2.82. The van der Waals surface area contributed by atoms with Crippen LogP contribution in [0.15, 0.2) is 53.6 Å². The summed E-state index contributed by atoms with van der Waals surface area (Å²) in [6.07, 6.45) is 0.843. The number of hydrogen-bond donors (Lipinski definition) is 2. The van der Waals surface area contributed by atoms with Gasteiger partial charge >= 0.3 is 0 Å². The summed E-state index contributed by atoms with van der Waals surface area (Å²) >= 11 is 0. The van der Waals surface area contributed by atoms with Crippen LogP contribution >= 0.6 is 0 Å². The Balaban J connectivity index is 1.87. The lowest BCUT2D eigenvalue weighted by atomic mass is 10.2. The number of aromatic hydroxyl groups is 1. The quantitative estimate of drug-likeness (QED) is 0.658. The van der Waals surface area contributed by atoms with Crippen molar-refractivity contribution in [1.29, 1.82) is 0 Å². The number of phenols is 1. The molecule has 0 aliphatic rings. The molecule has 0 heterocycles. The highest BCUT2D eigenvalue weighted by molar-refractivity contribution is 5.84. The van der Waals surface area contributed by atoms with Crippen molar-refractivity contribution in [3.63, 3.8) is 0 Å². The fourth-order valence-corrected chi connectivity index (χ4v) is 1.77. The van der Waals surface area contributed by atoms with Crippen LogP contribution in [0.1, 0.15) is 18.1 Å². The number of carbonyl (C=O) groups excluding carboxylic acids is 1. The zero-order chi connectivity index (χ0) is 15.9. The first-order valence-corrected chi connectivity index (χ1v) is 6.90. The molecule has 0 saturated carbocycles. The Labute approximate surface area is 129 Å². The Bertz CT molecular complexity index is 666. The molecule has 22 heavy (non-hydrogen) atoms. The number of ether oxygens (including phenoxy) is 1. The summed E-state index contributed by atoms with van der Waals surface area (Å²) in [5.41, 5.74) is 4.26. The van der Waals surface area contributed by atoms with E-state index in [1.807, 2.05) is 25.1 Å². The molecule has 2 rings (SSSR count). The lowest BCUT2D eigenvalue weighted by Crippen LogP contribution is -2.33. The number of rotatable bonds is 5. The van der Waals surface area contributed by atoms with E-state index in [-0.39, 0.29) is 11.7 Å². The third kappa shape index (κ3) is 4.63. The Kier molecular flexibility index (Phi) is 5.14. The predicted octanol–water partition coefficient (Wildman–Crippen LogP) is 2.62. The molecule has 2 aromatic rings. The highest BCUT2D eigenvalue weighted by Crippen LogP contribution is 2.14. The summed E-state index contributed by atoms with van der Waals surface area (Å²) in [5, 5.41) is 13.0. The number of phenolic OH excluding ortho intramolecular Hbond substituents is 1. The number of hydrogen-bond acceptors (Lipinski definition) is 4. The number of carbonyl (C=O) groups is 1. The van der Waals surface area contributed by atoms with E-state index in [2.05, 4.69) is 10.5 Å². The van der Waals surface area contributed by atoms with Crippen molar-refractivity contribution in [2.45, 2.75) is 20.0 Å². The molecule has 0 spiro atoms. The maximum absolute atomic E-state index is 11.9. The molecule has 0 saturated heterocycles. The molecular formula is C17H18N2O3. The average Bonchev–Trinajstić information content (AvgIpc) is 2.49. The van der Waals surface area contributed by atoms with Crippen molar-refractivity contribution in [1.82, 2.24) is 5.43 Å². The van der Waals surface area contributed by atoms with Crippen LogP contribution in [-0.4, -0.2) is 23.3 Å². The van der Waals surface area contributed by atoms with E-state index in [1.165, 1.54) is 6.21 Å². The fourth-order valence-electron chi connectivity index (χ4n) is 1.77. The Morgan fingerprint density at radius 2 is 2.00 bits per heavy atom. The summed E-state index contributed by atoms with van der Waals surface area (Å²) < 4.78 is 5.56. The van der Waals surface area contributed by atoms with E-state index in [9.17, 15) is 9.90 Å². The Morgan fingerprint density at radius 1 is 1.27 bits per heavy atom. The van der Waals surface area contributed by atoms with Crippen molar-refractivity contribution in [3.8, 4) is 11.5 Å². The van der Waals surface area contributed by atoms with E-state index >= 15 is 0 Å². The summed E-state index contributed by atoms with van der Waals surface area (Å²) in [5.74, 6) is 0.489. The van der Waals surface area contributed by atoms with Crippen LogP contribution in [0.25, 0.3) is 0 Å². The number of nitrogens with zero attached hydrogens (tertiary/aromatic N) is 1. The molecule has 2 N–H and O–H groups in total. The second-order valence-electron chi connectivity index (χ2n) is 4.90. The predicted molar refractivity (Wildman–Crippen MR) is 85.1 cm³/mol. The average molecular weight is 298 g/mol. The van der Waals surface area contributed by atoms with Crippen LogP contribution in [0, 0.1) is 6.92 Å². The van der Waals surface area contributed by atoms with Crippen LogP contribution in [0.2, 0.25) is 0 Å². The van der Waals surface area contributed by atoms with Gasteiger partial charge in [0.25, 0.3) is 5.91 Å². The zero-order valence-electron chi connectivity index (χ0n) is 12.5. The third-order valence-corrected chi connectivity index (χ3v) is 2.95. The van der Waals surface area contributed by atoms with E-state index < -0.39 is 6.10 Å². The van der Waals surface area contributed by atoms with Gasteiger partial charge in [0.2, 0.25) is 0 Å². The van der Waals surface area contributed by atoms with Crippen LogP contribution in [0.3, 0.4) is 0 Å². The minimum absolute atomic E-state index is 0.182. The highest BCUT2D eigenvalue weighted by atomic mass is 16.5. The van der Waals surface area contributed by atoms with Gasteiger partial charge in [0.1, 0.15) is 11.5 Å². The number of amides is 1. The van der Waals surface area contributed by atoms with Gasteiger partial charge in [-0.3, -0.25) is 4.79 Å². The number of benzene rings is 2. The molecule has 0 fully saturated rings. The molecule has 0 aliphatic carbocycles. The number of aryl methyl sites for hydroxylation is 1. The lowest BCUT2D eigenvalue weighted by molar-refractivity contribution is -0.127. The van der Waals surface area contributed by atoms with E-state index in [1.54, 1.807) is 37.3 Å². The maximum Gasteiger partial charge on any atom is 0.280 e. The molecule has 0 unspecified atom stereocenters. The molecule has 5 heteroatoms. The molecule has 1 atom stereocenters. The fraction of sp³-hybridized carbons (Fsp3) is 0.176. The van der Waals surface area contributed by atoms with Gasteiger partial charge in [-0.1, -0.05) is 12.1 Å². The molecular weight excluding hydrogens is 280 g/mol. The Morgan fingerprint density at radius 3 is 2.68 bits per heavy atom. The largest absolute Gasteiger partial charge is 0.508 e. The van der Waals surface area contributed by atoms with Crippen LogP contribution in [-0.2, 0) is 4.79 Å². The maximum atomic E-state index is 11.9. The molecule has 0 radical (unpaired) electrons. The van der Waals surface area contributed by atoms with Crippen molar-refractivity contribution >= 4 is 12.1 Å². The van der Waals surface area contributed by atoms with E-state index in [0.717, 1.165) is 11.1 Å². The van der Waals surface area contributed by atoms with Gasteiger partial charge < -0.3 is 9.84 Å². The van der Waals surface area contributed by atoms with Crippen molar-refractivity contribution in [2.75, 3.05) is 0 Å². The summed E-state index contributed by atoms with van der Waals surface area (Å²) in [6.45, 7) is 3.62. The third-order valence-electron chi connectivity index (χ3n) is 2.95. The zero-order valence-corrected chi connectivity index (χ0v) is 12.5. The van der Waals surface area contributed by atoms with Gasteiger partial charge in [0.05, 0.1) is 6.21 Å². The van der Waals surface area contributed by atoms with Crippen LogP contribution < -0.4 is 10.2 Å². The van der Waals surface area contributed by atoms with Crippen LogP contribution in [0.4, 0.5) is 0 Å². The topological polar surface area (TPSA) is 70.9 Å². The van der Waals surface area contributed by atoms with Gasteiger partial charge in [-0.25, -0.2) is 5.43 Å². The summed E-state index contributed by atoms with van der Waals surface area (Å²) in [4.78, 5) is 11.9. The summed E-state index contributed by atoms with van der Waals surface area (Å²) in [7, 11) is 0. The first kappa shape index (κ1) is 15.6. The normalized spacial score (nSPS) is 12.1. The molecule has 0 aliphatic heterocycles. The highest BCUT2D eigenvalue weighted by Gasteiger charge is 2.13. The number of nitrogens with one attached hydrogen (secondary N) is 1. The summed E-state index contributed by atoms with van der Waals surface area (Å²) in [6, 6.07) is 14.0. The van der Waals surface area contributed by atoms with Gasteiger partial charge in [-0.05, 0) is 61.4 Å². The number of hydrazone groups is 1. The molecule has 0 aromatic heterocycles. The van der Waals surface area contributed by atoms with Crippen molar-refractivity contribution < 1.29 is 14.6 Å². The molecule has 5 nitrogen and oxygen atoms in total. The monoisotopic (exact) mass is 298 g/mol. The van der Waals surface area contributed by atoms with Gasteiger partial charge in [0, 0.05) is 0 Å². The lowest BCUT2D eigenvalue weighted by Gasteiger charge is -2.13. The first-order chi connectivity index (χ1) is 10.5. The molecule has 1 amide bonds.